The molecule has 3 aromatic rings. The third-order valence-electron chi connectivity index (χ3n) is 3.99. The minimum Gasteiger partial charge on any atom is -0.322 e. The summed E-state index contributed by atoms with van der Waals surface area (Å²) >= 11 is 3.43. The molecule has 2 heterocycles. The third kappa shape index (κ3) is 3.01. The number of amides is 1. The van der Waals surface area contributed by atoms with Crippen molar-refractivity contribution in [3.8, 4) is 0 Å². The number of nitrogens with one attached hydrogen (secondary N) is 1. The van der Waals surface area contributed by atoms with Crippen molar-refractivity contribution >= 4 is 33.2 Å². The number of carbonyl (C=O) groups is 1. The van der Waals surface area contributed by atoms with E-state index in [-0.39, 0.29) is 5.91 Å². The molecule has 1 aromatic carbocycles. The van der Waals surface area contributed by atoms with Crippen molar-refractivity contribution in [3.63, 3.8) is 0 Å². The molecule has 0 saturated carbocycles. The van der Waals surface area contributed by atoms with E-state index in [0.717, 1.165) is 39.2 Å². The summed E-state index contributed by atoms with van der Waals surface area (Å²) < 4.78 is 2.97. The molecular weight excluding hydrogens is 354 g/mol. The molecule has 0 spiro atoms. The SMILES string of the molecule is CCc1nc2ccc(C(=O)Nc3ccc(Br)cc3C)cn2c1C. The Morgan fingerprint density at radius 2 is 2.04 bits per heavy atom. The van der Waals surface area contributed by atoms with Gasteiger partial charge in [0.2, 0.25) is 0 Å². The molecule has 0 saturated heterocycles. The molecule has 3 rings (SSSR count). The second-order valence-electron chi connectivity index (χ2n) is 5.56. The molecule has 5 heteroatoms. The summed E-state index contributed by atoms with van der Waals surface area (Å²) in [5, 5.41) is 2.97. The van der Waals surface area contributed by atoms with Crippen molar-refractivity contribution < 1.29 is 4.79 Å². The van der Waals surface area contributed by atoms with Gasteiger partial charge >= 0.3 is 0 Å². The van der Waals surface area contributed by atoms with Crippen LogP contribution in [0.2, 0.25) is 0 Å². The maximum Gasteiger partial charge on any atom is 0.257 e. The fourth-order valence-electron chi connectivity index (χ4n) is 2.64. The number of nitrogens with zero attached hydrogens (tertiary/aromatic N) is 2. The molecule has 0 fully saturated rings. The number of benzene rings is 1. The van der Waals surface area contributed by atoms with Gasteiger partial charge in [-0.15, -0.1) is 0 Å². The van der Waals surface area contributed by atoms with E-state index >= 15 is 0 Å². The Morgan fingerprint density at radius 1 is 1.26 bits per heavy atom. The molecule has 0 radical (unpaired) electrons. The van der Waals surface area contributed by atoms with E-state index in [1.165, 1.54) is 0 Å². The number of halogens is 1. The van der Waals surface area contributed by atoms with Crippen molar-refractivity contribution in [1.29, 1.82) is 0 Å². The van der Waals surface area contributed by atoms with Crippen molar-refractivity contribution in [1.82, 2.24) is 9.38 Å². The first-order chi connectivity index (χ1) is 11.0. The zero-order chi connectivity index (χ0) is 16.6. The summed E-state index contributed by atoms with van der Waals surface area (Å²) in [6, 6.07) is 9.49. The second kappa shape index (κ2) is 6.16. The van der Waals surface area contributed by atoms with Gasteiger partial charge in [-0.2, -0.15) is 0 Å². The van der Waals surface area contributed by atoms with Crippen LogP contribution in [0.4, 0.5) is 5.69 Å². The smallest absolute Gasteiger partial charge is 0.257 e. The van der Waals surface area contributed by atoms with E-state index in [4.69, 9.17) is 0 Å². The second-order valence-corrected chi connectivity index (χ2v) is 6.47. The van der Waals surface area contributed by atoms with Crippen molar-refractivity contribution in [2.24, 2.45) is 0 Å². The number of aryl methyl sites for hydroxylation is 3. The molecule has 1 N–H and O–H groups in total. The first-order valence-electron chi connectivity index (χ1n) is 7.54. The van der Waals surface area contributed by atoms with E-state index in [1.807, 2.05) is 54.8 Å². The number of pyridine rings is 1. The number of aromatic nitrogens is 2. The van der Waals surface area contributed by atoms with E-state index in [9.17, 15) is 4.79 Å². The van der Waals surface area contributed by atoms with Crippen LogP contribution in [0.1, 0.15) is 34.2 Å². The number of hydrogen-bond acceptors (Lipinski definition) is 2. The molecule has 2 aromatic heterocycles. The zero-order valence-corrected chi connectivity index (χ0v) is 14.9. The Bertz CT molecular complexity index is 899. The van der Waals surface area contributed by atoms with Crippen LogP contribution in [-0.2, 0) is 6.42 Å². The molecule has 4 nitrogen and oxygen atoms in total. The Hall–Kier alpha value is -2.14. The predicted octanol–water partition coefficient (Wildman–Crippen LogP) is 4.53. The van der Waals surface area contributed by atoms with Crippen LogP contribution in [0.25, 0.3) is 5.65 Å². The largest absolute Gasteiger partial charge is 0.322 e. The van der Waals surface area contributed by atoms with Crippen LogP contribution < -0.4 is 5.32 Å². The fourth-order valence-corrected chi connectivity index (χ4v) is 3.12. The quantitative estimate of drug-likeness (QED) is 0.734. The van der Waals surface area contributed by atoms with Gasteiger partial charge < -0.3 is 9.72 Å². The number of imidazole rings is 1. The number of hydrogen-bond donors (Lipinski definition) is 1. The van der Waals surface area contributed by atoms with E-state index in [1.54, 1.807) is 0 Å². The molecule has 23 heavy (non-hydrogen) atoms. The molecule has 0 aliphatic carbocycles. The predicted molar refractivity (Wildman–Crippen MR) is 96.1 cm³/mol. The van der Waals surface area contributed by atoms with Gasteiger partial charge in [0.1, 0.15) is 5.65 Å². The standard InChI is InChI=1S/C18H18BrN3O/c1-4-15-12(3)22-10-13(5-8-17(22)20-15)18(23)21-16-7-6-14(19)9-11(16)2/h5-10H,4H2,1-3H3,(H,21,23). The highest BCUT2D eigenvalue weighted by atomic mass is 79.9. The van der Waals surface area contributed by atoms with Gasteiger partial charge in [0, 0.05) is 22.1 Å². The summed E-state index contributed by atoms with van der Waals surface area (Å²) in [5.41, 5.74) is 5.46. The molecule has 0 bridgehead atoms. The van der Waals surface area contributed by atoms with E-state index in [0.29, 0.717) is 5.56 Å². The average Bonchev–Trinajstić information content (AvgIpc) is 2.86. The average molecular weight is 372 g/mol. The Labute approximate surface area is 143 Å². The topological polar surface area (TPSA) is 46.4 Å². The highest BCUT2D eigenvalue weighted by Crippen LogP contribution is 2.21. The summed E-state index contributed by atoms with van der Waals surface area (Å²) in [6.07, 6.45) is 2.73. The minimum absolute atomic E-state index is 0.122. The van der Waals surface area contributed by atoms with Gasteiger partial charge in [-0.3, -0.25) is 4.79 Å². The van der Waals surface area contributed by atoms with Gasteiger partial charge in [0.15, 0.2) is 0 Å². The van der Waals surface area contributed by atoms with Gasteiger partial charge in [0.05, 0.1) is 11.3 Å². The van der Waals surface area contributed by atoms with Crippen LogP contribution >= 0.6 is 15.9 Å². The van der Waals surface area contributed by atoms with Crippen LogP contribution in [0.15, 0.2) is 41.0 Å². The summed E-state index contributed by atoms with van der Waals surface area (Å²) in [6.45, 7) is 6.08. The minimum atomic E-state index is -0.122. The molecule has 1 amide bonds. The highest BCUT2D eigenvalue weighted by molar-refractivity contribution is 9.10. The van der Waals surface area contributed by atoms with Crippen LogP contribution in [0.5, 0.6) is 0 Å². The lowest BCUT2D eigenvalue weighted by atomic mass is 10.2. The van der Waals surface area contributed by atoms with Gasteiger partial charge in [-0.25, -0.2) is 4.98 Å². The number of rotatable bonds is 3. The number of fused-ring (bicyclic) bond motifs is 1. The Balaban J connectivity index is 1.93. The van der Waals surface area contributed by atoms with E-state index < -0.39 is 0 Å². The summed E-state index contributed by atoms with van der Waals surface area (Å²) in [4.78, 5) is 17.1. The molecule has 0 atom stereocenters. The lowest BCUT2D eigenvalue weighted by Crippen LogP contribution is -2.13. The van der Waals surface area contributed by atoms with Crippen molar-refractivity contribution in [2.45, 2.75) is 27.2 Å². The normalized spacial score (nSPS) is 11.0. The number of carbonyl (C=O) groups excluding carboxylic acids is 1. The lowest BCUT2D eigenvalue weighted by molar-refractivity contribution is 0.102. The van der Waals surface area contributed by atoms with E-state index in [2.05, 4.69) is 33.2 Å². The van der Waals surface area contributed by atoms with Crippen LogP contribution in [0, 0.1) is 13.8 Å². The van der Waals surface area contributed by atoms with Gasteiger partial charge in [0.25, 0.3) is 5.91 Å². The maximum atomic E-state index is 12.5. The molecule has 118 valence electrons. The molecule has 0 aliphatic rings. The molecule has 0 unspecified atom stereocenters. The zero-order valence-electron chi connectivity index (χ0n) is 13.4. The van der Waals surface area contributed by atoms with Crippen molar-refractivity contribution in [2.75, 3.05) is 5.32 Å². The number of anilines is 1. The highest BCUT2D eigenvalue weighted by Gasteiger charge is 2.12. The Kier molecular flexibility index (Phi) is 4.22. The summed E-state index contributed by atoms with van der Waals surface area (Å²) in [7, 11) is 0. The van der Waals surface area contributed by atoms with Gasteiger partial charge in [-0.05, 0) is 56.2 Å². The first kappa shape index (κ1) is 15.7. The molecular formula is C18H18BrN3O. The molecule has 0 aliphatic heterocycles. The summed E-state index contributed by atoms with van der Waals surface area (Å²) in [5.74, 6) is -0.122. The van der Waals surface area contributed by atoms with Crippen molar-refractivity contribution in [3.05, 3.63) is 63.5 Å². The van der Waals surface area contributed by atoms with Crippen LogP contribution in [0.3, 0.4) is 0 Å². The lowest BCUT2D eigenvalue weighted by Gasteiger charge is -2.09. The fraction of sp³-hybridized carbons (Fsp3) is 0.222. The maximum absolute atomic E-state index is 12.5. The monoisotopic (exact) mass is 371 g/mol. The Morgan fingerprint density at radius 3 is 2.74 bits per heavy atom. The van der Waals surface area contributed by atoms with Gasteiger partial charge in [-0.1, -0.05) is 22.9 Å². The third-order valence-corrected chi connectivity index (χ3v) is 4.48. The first-order valence-corrected chi connectivity index (χ1v) is 8.34. The van der Waals surface area contributed by atoms with Crippen LogP contribution in [-0.4, -0.2) is 15.3 Å².